The quantitative estimate of drug-likeness (QED) is 0.355. The van der Waals surface area contributed by atoms with Crippen molar-refractivity contribution in [2.24, 2.45) is 11.8 Å². The molecule has 2 amide bonds. The average Bonchev–Trinajstić information content (AvgIpc) is 3.74. The summed E-state index contributed by atoms with van der Waals surface area (Å²) in [7, 11) is 0. The maximum atomic E-state index is 14.1. The Morgan fingerprint density at radius 3 is 2.58 bits per heavy atom. The van der Waals surface area contributed by atoms with E-state index in [0.717, 1.165) is 0 Å². The Morgan fingerprint density at radius 2 is 1.91 bits per heavy atom. The zero-order chi connectivity index (χ0) is 31.9. The maximum Gasteiger partial charge on any atom is 0.408 e. The molecule has 1 aliphatic carbocycles. The third kappa shape index (κ3) is 6.65. The van der Waals surface area contributed by atoms with E-state index in [9.17, 15) is 31.5 Å². The van der Waals surface area contributed by atoms with E-state index in [0.29, 0.717) is 55.4 Å². The summed E-state index contributed by atoms with van der Waals surface area (Å²) in [4.78, 5) is 35.4. The van der Waals surface area contributed by atoms with Crippen molar-refractivity contribution in [3.63, 3.8) is 0 Å². The monoisotopic (exact) mass is 638 g/mol. The molecule has 3 aromatic heterocycles. The van der Waals surface area contributed by atoms with Crippen molar-refractivity contribution in [1.82, 2.24) is 40.0 Å². The predicted octanol–water partition coefficient (Wildman–Crippen LogP) is 4.14. The number of hydrogen-bond donors (Lipinski definition) is 2. The fourth-order valence-corrected chi connectivity index (χ4v) is 6.66. The molecule has 0 bridgehead atoms. The number of fused-ring (bicyclic) bond motifs is 1. The first kappa shape index (κ1) is 31.3. The number of carbonyl (C=O) groups excluding carboxylic acids is 2. The molecule has 3 aromatic rings. The molecule has 0 radical (unpaired) electrons. The van der Waals surface area contributed by atoms with Crippen LogP contribution in [0.15, 0.2) is 18.5 Å². The van der Waals surface area contributed by atoms with Crippen LogP contribution in [0.5, 0.6) is 0 Å². The first-order valence-electron chi connectivity index (χ1n) is 15.3. The summed E-state index contributed by atoms with van der Waals surface area (Å²) < 4.78 is 76.8. The Kier molecular flexibility index (Phi) is 8.52. The van der Waals surface area contributed by atoms with Crippen molar-refractivity contribution in [2.45, 2.75) is 94.9 Å². The molecule has 3 fully saturated rings. The molecule has 45 heavy (non-hydrogen) atoms. The van der Waals surface area contributed by atoms with Gasteiger partial charge in [0.05, 0.1) is 29.3 Å². The van der Waals surface area contributed by atoms with Gasteiger partial charge in [-0.05, 0) is 51.0 Å². The largest absolute Gasteiger partial charge is 0.408 e. The lowest BCUT2D eigenvalue weighted by atomic mass is 9.81. The highest BCUT2D eigenvalue weighted by Gasteiger charge is 2.48. The lowest BCUT2D eigenvalue weighted by Crippen LogP contribution is -2.38. The Labute approximate surface area is 255 Å². The Bertz CT molecular complexity index is 1540. The molecule has 3 atom stereocenters. The van der Waals surface area contributed by atoms with Gasteiger partial charge in [-0.3, -0.25) is 14.3 Å². The van der Waals surface area contributed by atoms with Gasteiger partial charge in [0, 0.05) is 57.1 Å². The number of ether oxygens (including phenoxy) is 1. The number of carbonyl (C=O) groups is 2. The van der Waals surface area contributed by atoms with E-state index in [1.54, 1.807) is 12.3 Å². The summed E-state index contributed by atoms with van der Waals surface area (Å²) in [6, 6.07) is -1.08. The molecule has 2 N–H and O–H groups in total. The lowest BCUT2D eigenvalue weighted by Gasteiger charge is -2.33. The van der Waals surface area contributed by atoms with Gasteiger partial charge >= 0.3 is 6.18 Å². The van der Waals surface area contributed by atoms with Crippen LogP contribution in [0.2, 0.25) is 0 Å². The smallest absolute Gasteiger partial charge is 0.381 e. The standard InChI is InChI=1S/C29H35F5N8O3/c1-2-41-21(5-10-35-41)26(44)38-24(16-3-8-28(30,31)9-4-16)20-15-42-27(36-20)39-23(17-6-11-45-12-7-17)19(40-42)13-18-14-22(29(32,33)34)37-25(18)43/h5,10,15-18,22,24H,2-4,6-9,11-14H2,1H3,(H,37,43)(H,38,44)/t18-,22-,24-/m0/s1. The van der Waals surface area contributed by atoms with Crippen LogP contribution < -0.4 is 10.6 Å². The number of amides is 2. The number of aromatic nitrogens is 6. The van der Waals surface area contributed by atoms with Crippen LogP contribution in [0.1, 0.15) is 91.4 Å². The van der Waals surface area contributed by atoms with E-state index < -0.39 is 48.3 Å². The average molecular weight is 639 g/mol. The molecule has 6 rings (SSSR count). The molecular formula is C29H35F5N8O3. The molecular weight excluding hydrogens is 603 g/mol. The highest BCUT2D eigenvalue weighted by molar-refractivity contribution is 5.92. The number of hydrogen-bond acceptors (Lipinski definition) is 7. The van der Waals surface area contributed by atoms with Gasteiger partial charge in [0.2, 0.25) is 11.8 Å². The van der Waals surface area contributed by atoms with Crippen LogP contribution in [0.4, 0.5) is 22.0 Å². The number of nitrogens with zero attached hydrogens (tertiary/aromatic N) is 6. The summed E-state index contributed by atoms with van der Waals surface area (Å²) in [5.74, 6) is -5.06. The number of halogens is 5. The van der Waals surface area contributed by atoms with E-state index >= 15 is 0 Å². The highest BCUT2D eigenvalue weighted by atomic mass is 19.4. The molecule has 11 nitrogen and oxygen atoms in total. The molecule has 244 valence electrons. The normalized spacial score (nSPS) is 23.7. The van der Waals surface area contributed by atoms with Crippen LogP contribution in [-0.2, 0) is 22.5 Å². The molecule has 2 saturated heterocycles. The van der Waals surface area contributed by atoms with Gasteiger partial charge in [-0.15, -0.1) is 0 Å². The van der Waals surface area contributed by atoms with Crippen molar-refractivity contribution < 1.29 is 36.3 Å². The summed E-state index contributed by atoms with van der Waals surface area (Å²) in [6.45, 7) is 3.26. The van der Waals surface area contributed by atoms with Crippen molar-refractivity contribution in [2.75, 3.05) is 13.2 Å². The van der Waals surface area contributed by atoms with Crippen LogP contribution in [0.3, 0.4) is 0 Å². The molecule has 1 saturated carbocycles. The summed E-state index contributed by atoms with van der Waals surface area (Å²) in [5, 5.41) is 13.9. The molecule has 0 unspecified atom stereocenters. The topological polar surface area (TPSA) is 128 Å². The Morgan fingerprint density at radius 1 is 1.18 bits per heavy atom. The number of rotatable bonds is 8. The zero-order valence-corrected chi connectivity index (χ0v) is 24.7. The number of imidazole rings is 1. The van der Waals surface area contributed by atoms with Crippen LogP contribution in [-0.4, -0.2) is 72.5 Å². The van der Waals surface area contributed by atoms with E-state index in [1.807, 2.05) is 12.2 Å². The molecule has 0 spiro atoms. The first-order chi connectivity index (χ1) is 21.4. The summed E-state index contributed by atoms with van der Waals surface area (Å²) >= 11 is 0. The first-order valence-corrected chi connectivity index (χ1v) is 15.3. The van der Waals surface area contributed by atoms with Gasteiger partial charge in [-0.25, -0.2) is 23.3 Å². The van der Waals surface area contributed by atoms with E-state index in [-0.39, 0.29) is 49.7 Å². The molecule has 5 heterocycles. The SMILES string of the molecule is CCn1nccc1C(=O)N[C@H](c1cn2nc(C[C@H]3C[C@@H](C(F)(F)F)NC3=O)c(C3CCOCC3)nc2n1)C1CCC(F)(F)CC1. The zero-order valence-electron chi connectivity index (χ0n) is 24.7. The van der Waals surface area contributed by atoms with Crippen molar-refractivity contribution in [3.05, 3.63) is 41.2 Å². The summed E-state index contributed by atoms with van der Waals surface area (Å²) in [5.41, 5.74) is 1.65. The number of aryl methyl sites for hydroxylation is 1. The highest BCUT2D eigenvalue weighted by Crippen LogP contribution is 2.41. The third-order valence-electron chi connectivity index (χ3n) is 9.17. The maximum absolute atomic E-state index is 14.1. The van der Waals surface area contributed by atoms with E-state index in [4.69, 9.17) is 19.8 Å². The van der Waals surface area contributed by atoms with Crippen molar-refractivity contribution in [1.29, 1.82) is 0 Å². The summed E-state index contributed by atoms with van der Waals surface area (Å²) in [6.07, 6.45) is -0.996. The van der Waals surface area contributed by atoms with Crippen molar-refractivity contribution in [3.8, 4) is 0 Å². The molecule has 16 heteroatoms. The minimum atomic E-state index is -4.56. The lowest BCUT2D eigenvalue weighted by molar-refractivity contribution is -0.154. The number of nitrogens with one attached hydrogen (secondary N) is 2. The van der Waals surface area contributed by atoms with Gasteiger partial charge in [0.25, 0.3) is 11.7 Å². The minimum absolute atomic E-state index is 0.0412. The third-order valence-corrected chi connectivity index (χ3v) is 9.17. The minimum Gasteiger partial charge on any atom is -0.381 e. The van der Waals surface area contributed by atoms with Gasteiger partial charge in [0.15, 0.2) is 0 Å². The fraction of sp³-hybridized carbons (Fsp3) is 0.655. The van der Waals surface area contributed by atoms with E-state index in [2.05, 4.69) is 10.4 Å². The van der Waals surface area contributed by atoms with Crippen LogP contribution in [0.25, 0.3) is 5.78 Å². The molecule has 2 aliphatic heterocycles. The number of alkyl halides is 5. The second kappa shape index (κ2) is 12.2. The van der Waals surface area contributed by atoms with E-state index in [1.165, 1.54) is 15.4 Å². The van der Waals surface area contributed by atoms with Crippen LogP contribution in [0, 0.1) is 11.8 Å². The van der Waals surface area contributed by atoms with Gasteiger partial charge in [0.1, 0.15) is 11.7 Å². The van der Waals surface area contributed by atoms with Gasteiger partial charge in [-0.1, -0.05) is 0 Å². The Hall–Kier alpha value is -3.69. The Balaban J connectivity index is 1.35. The van der Waals surface area contributed by atoms with Gasteiger partial charge < -0.3 is 15.4 Å². The second-order valence-corrected chi connectivity index (χ2v) is 12.2. The fourth-order valence-electron chi connectivity index (χ4n) is 6.66. The second-order valence-electron chi connectivity index (χ2n) is 12.2. The van der Waals surface area contributed by atoms with Gasteiger partial charge in [-0.2, -0.15) is 23.4 Å². The van der Waals surface area contributed by atoms with Crippen molar-refractivity contribution >= 4 is 17.6 Å². The van der Waals surface area contributed by atoms with Crippen LogP contribution >= 0.6 is 0 Å². The predicted molar refractivity (Wildman–Crippen MR) is 148 cm³/mol. The molecule has 0 aromatic carbocycles. The molecule has 3 aliphatic rings.